The Morgan fingerprint density at radius 3 is 2.78 bits per heavy atom. The third kappa shape index (κ3) is 2.39. The van der Waals surface area contributed by atoms with E-state index in [1.165, 1.54) is 19.2 Å². The van der Waals surface area contributed by atoms with Crippen molar-refractivity contribution in [3.8, 4) is 17.1 Å². The van der Waals surface area contributed by atoms with Gasteiger partial charge in [0, 0.05) is 6.20 Å². The third-order valence-electron chi connectivity index (χ3n) is 3.43. The fourth-order valence-corrected chi connectivity index (χ4v) is 2.58. The number of nitrogens with zero attached hydrogens (tertiary/aromatic N) is 2. The normalized spacial score (nSPS) is 11.0. The van der Waals surface area contributed by atoms with E-state index in [0.717, 1.165) is 0 Å². The van der Waals surface area contributed by atoms with E-state index in [9.17, 15) is 14.3 Å². The SMILES string of the molecule is COc1c(Cl)ccc(-c2nc(C(=O)O)c3c(C)c[nH]c3n2)c1F. The Kier molecular flexibility index (Phi) is 3.65. The number of halogens is 2. The minimum Gasteiger partial charge on any atom is -0.492 e. The number of H-pyrrole nitrogens is 1. The second-order valence-electron chi connectivity index (χ2n) is 4.84. The van der Waals surface area contributed by atoms with Gasteiger partial charge < -0.3 is 14.8 Å². The molecule has 0 unspecified atom stereocenters. The minimum absolute atomic E-state index is 0.00269. The Morgan fingerprint density at radius 1 is 1.39 bits per heavy atom. The molecule has 0 aliphatic heterocycles. The van der Waals surface area contributed by atoms with E-state index < -0.39 is 11.8 Å². The predicted octanol–water partition coefficient (Wildman–Crippen LogP) is 3.43. The molecule has 0 amide bonds. The number of aromatic carboxylic acids is 1. The molecule has 3 rings (SSSR count). The van der Waals surface area contributed by atoms with Crippen molar-refractivity contribution >= 4 is 28.6 Å². The molecule has 0 spiro atoms. The average Bonchev–Trinajstić information content (AvgIpc) is 2.88. The largest absolute Gasteiger partial charge is 0.492 e. The van der Waals surface area contributed by atoms with Gasteiger partial charge in [-0.05, 0) is 24.6 Å². The third-order valence-corrected chi connectivity index (χ3v) is 3.72. The molecule has 23 heavy (non-hydrogen) atoms. The zero-order chi connectivity index (χ0) is 16.7. The van der Waals surface area contributed by atoms with Gasteiger partial charge in [0.1, 0.15) is 5.65 Å². The van der Waals surface area contributed by atoms with Crippen molar-refractivity contribution in [2.45, 2.75) is 6.92 Å². The first-order valence-corrected chi connectivity index (χ1v) is 6.93. The monoisotopic (exact) mass is 335 g/mol. The molecule has 2 N–H and O–H groups in total. The van der Waals surface area contributed by atoms with Crippen LogP contribution in [0.2, 0.25) is 5.02 Å². The smallest absolute Gasteiger partial charge is 0.355 e. The fraction of sp³-hybridized carbons (Fsp3) is 0.133. The number of ether oxygens (including phenoxy) is 1. The summed E-state index contributed by atoms with van der Waals surface area (Å²) in [5.74, 6) is -2.18. The van der Waals surface area contributed by atoms with Crippen LogP contribution in [0.3, 0.4) is 0 Å². The van der Waals surface area contributed by atoms with Gasteiger partial charge in [-0.3, -0.25) is 0 Å². The summed E-state index contributed by atoms with van der Waals surface area (Å²) in [5, 5.41) is 9.86. The molecule has 0 radical (unpaired) electrons. The van der Waals surface area contributed by atoms with Gasteiger partial charge in [-0.15, -0.1) is 0 Å². The number of methoxy groups -OCH3 is 1. The minimum atomic E-state index is -1.22. The van der Waals surface area contributed by atoms with Crippen molar-refractivity contribution in [2.24, 2.45) is 0 Å². The van der Waals surface area contributed by atoms with Gasteiger partial charge in [-0.2, -0.15) is 0 Å². The molecule has 2 heterocycles. The van der Waals surface area contributed by atoms with E-state index in [0.29, 0.717) is 16.6 Å². The topological polar surface area (TPSA) is 88.1 Å². The number of carboxylic acids is 1. The Bertz CT molecular complexity index is 939. The first kappa shape index (κ1) is 15.2. The predicted molar refractivity (Wildman–Crippen MR) is 82.5 cm³/mol. The van der Waals surface area contributed by atoms with Gasteiger partial charge in [0.15, 0.2) is 23.1 Å². The molecular weight excluding hydrogens is 325 g/mol. The maximum Gasteiger partial charge on any atom is 0.355 e. The van der Waals surface area contributed by atoms with Crippen LogP contribution in [0.1, 0.15) is 16.1 Å². The van der Waals surface area contributed by atoms with Crippen molar-refractivity contribution in [3.05, 3.63) is 40.4 Å². The summed E-state index contributed by atoms with van der Waals surface area (Å²) in [7, 11) is 1.29. The van der Waals surface area contributed by atoms with Gasteiger partial charge in [-0.25, -0.2) is 19.2 Å². The first-order chi connectivity index (χ1) is 10.9. The second kappa shape index (κ2) is 5.51. The Morgan fingerprint density at radius 2 is 2.13 bits per heavy atom. The zero-order valence-corrected chi connectivity index (χ0v) is 12.9. The van der Waals surface area contributed by atoms with E-state index >= 15 is 0 Å². The standard InChI is InChI=1S/C15H11ClFN3O3/c1-6-5-18-14-9(6)11(15(21)22)19-13(20-14)7-3-4-8(16)12(23-2)10(7)17/h3-5H,1-2H3,(H,21,22)(H,18,19,20). The van der Waals surface area contributed by atoms with Gasteiger partial charge >= 0.3 is 5.97 Å². The Labute approximate surface area is 134 Å². The summed E-state index contributed by atoms with van der Waals surface area (Å²) < 4.78 is 19.4. The van der Waals surface area contributed by atoms with Crippen LogP contribution in [-0.2, 0) is 0 Å². The summed E-state index contributed by atoms with van der Waals surface area (Å²) in [6.45, 7) is 1.74. The van der Waals surface area contributed by atoms with E-state index in [1.807, 2.05) is 0 Å². The highest BCUT2D eigenvalue weighted by atomic mass is 35.5. The second-order valence-corrected chi connectivity index (χ2v) is 5.25. The molecule has 6 nitrogen and oxygen atoms in total. The molecule has 1 aromatic carbocycles. The van der Waals surface area contributed by atoms with Crippen molar-refractivity contribution in [2.75, 3.05) is 7.11 Å². The number of aromatic amines is 1. The molecule has 0 aliphatic rings. The van der Waals surface area contributed by atoms with E-state index in [1.54, 1.807) is 13.1 Å². The van der Waals surface area contributed by atoms with Gasteiger partial charge in [0.05, 0.1) is 23.1 Å². The van der Waals surface area contributed by atoms with Gasteiger partial charge in [-0.1, -0.05) is 11.6 Å². The summed E-state index contributed by atoms with van der Waals surface area (Å²) >= 11 is 5.86. The molecular formula is C15H11ClFN3O3. The van der Waals surface area contributed by atoms with E-state index in [4.69, 9.17) is 16.3 Å². The highest BCUT2D eigenvalue weighted by Gasteiger charge is 2.21. The number of aryl methyl sites for hydroxylation is 1. The van der Waals surface area contributed by atoms with Crippen LogP contribution >= 0.6 is 11.6 Å². The maximum atomic E-state index is 14.5. The Balaban J connectivity index is 2.32. The van der Waals surface area contributed by atoms with E-state index in [2.05, 4.69) is 15.0 Å². The highest BCUT2D eigenvalue weighted by Crippen LogP contribution is 2.34. The quantitative estimate of drug-likeness (QED) is 0.765. The number of benzene rings is 1. The zero-order valence-electron chi connectivity index (χ0n) is 12.1. The average molecular weight is 336 g/mol. The van der Waals surface area contributed by atoms with Crippen molar-refractivity contribution in [3.63, 3.8) is 0 Å². The van der Waals surface area contributed by atoms with Crippen molar-refractivity contribution < 1.29 is 19.0 Å². The van der Waals surface area contributed by atoms with Crippen LogP contribution in [0.15, 0.2) is 18.3 Å². The van der Waals surface area contributed by atoms with Crippen LogP contribution < -0.4 is 4.74 Å². The maximum absolute atomic E-state index is 14.5. The summed E-state index contributed by atoms with van der Waals surface area (Å²) in [4.78, 5) is 22.5. The van der Waals surface area contributed by atoms with E-state index in [-0.39, 0.29) is 27.9 Å². The molecule has 0 atom stereocenters. The summed E-state index contributed by atoms with van der Waals surface area (Å²) in [5.41, 5.74) is 0.816. The molecule has 0 aliphatic carbocycles. The Hall–Kier alpha value is -2.67. The number of carboxylic acid groups (broad SMARTS) is 1. The first-order valence-electron chi connectivity index (χ1n) is 6.55. The molecule has 118 valence electrons. The number of hydrogen-bond donors (Lipinski definition) is 2. The lowest BCUT2D eigenvalue weighted by Crippen LogP contribution is -2.05. The number of nitrogens with one attached hydrogen (secondary N) is 1. The molecule has 0 fully saturated rings. The van der Waals surface area contributed by atoms with Crippen LogP contribution in [-0.4, -0.2) is 33.1 Å². The number of aromatic nitrogens is 3. The van der Waals surface area contributed by atoms with Crippen molar-refractivity contribution in [1.82, 2.24) is 15.0 Å². The van der Waals surface area contributed by atoms with Gasteiger partial charge in [0.2, 0.25) is 0 Å². The number of rotatable bonds is 3. The molecule has 0 saturated heterocycles. The number of carbonyl (C=O) groups is 1. The molecule has 3 aromatic rings. The van der Waals surface area contributed by atoms with Crippen LogP contribution in [0, 0.1) is 12.7 Å². The number of fused-ring (bicyclic) bond motifs is 1. The van der Waals surface area contributed by atoms with Crippen LogP contribution in [0.4, 0.5) is 4.39 Å². The lowest BCUT2D eigenvalue weighted by Gasteiger charge is -2.09. The fourth-order valence-electron chi connectivity index (χ4n) is 2.36. The summed E-state index contributed by atoms with van der Waals surface area (Å²) in [6.07, 6.45) is 1.62. The van der Waals surface area contributed by atoms with Crippen LogP contribution in [0.25, 0.3) is 22.4 Å². The molecule has 2 aromatic heterocycles. The summed E-state index contributed by atoms with van der Waals surface area (Å²) in [6, 6.07) is 2.82. The van der Waals surface area contributed by atoms with Crippen LogP contribution in [0.5, 0.6) is 5.75 Å². The van der Waals surface area contributed by atoms with Gasteiger partial charge in [0.25, 0.3) is 0 Å². The number of hydrogen-bond acceptors (Lipinski definition) is 4. The molecule has 8 heteroatoms. The lowest BCUT2D eigenvalue weighted by atomic mass is 10.1. The van der Waals surface area contributed by atoms with Crippen molar-refractivity contribution in [1.29, 1.82) is 0 Å². The molecule has 0 saturated carbocycles. The molecule has 0 bridgehead atoms. The lowest BCUT2D eigenvalue weighted by molar-refractivity contribution is 0.0693. The highest BCUT2D eigenvalue weighted by molar-refractivity contribution is 6.32.